The van der Waals surface area contributed by atoms with Gasteiger partial charge in [-0.25, -0.2) is 9.59 Å². The lowest BCUT2D eigenvalue weighted by molar-refractivity contribution is -0.485. The van der Waals surface area contributed by atoms with Gasteiger partial charge in [-0.3, -0.25) is 9.59 Å². The predicted octanol–water partition coefficient (Wildman–Crippen LogP) is 9.82. The summed E-state index contributed by atoms with van der Waals surface area (Å²) in [4.78, 5) is 50.1. The fraction of sp³-hybridized carbons (Fsp3) is 0.615. The summed E-state index contributed by atoms with van der Waals surface area (Å²) in [7, 11) is 0. The molecule has 0 aliphatic heterocycles. The summed E-state index contributed by atoms with van der Waals surface area (Å²) in [6.45, 7) is -0.698. The van der Waals surface area contributed by atoms with Crippen molar-refractivity contribution in [2.24, 2.45) is 9.98 Å². The van der Waals surface area contributed by atoms with Gasteiger partial charge in [-0.15, -0.1) is 0 Å². The van der Waals surface area contributed by atoms with Gasteiger partial charge in [0.1, 0.15) is 0 Å². The number of nitrogens with zero attached hydrogens (tertiary/aromatic N) is 2. The number of amides is 1. The van der Waals surface area contributed by atoms with E-state index in [0.717, 1.165) is 5.32 Å². The number of isocyanates is 2. The van der Waals surface area contributed by atoms with E-state index in [-0.39, 0.29) is 0 Å². The van der Waals surface area contributed by atoms with Crippen molar-refractivity contribution in [1.82, 2.24) is 5.32 Å². The van der Waals surface area contributed by atoms with Crippen LogP contribution in [-0.2, 0) is 25.0 Å². The molecule has 1 aromatic rings. The molecule has 1 aromatic carbocycles. The summed E-state index contributed by atoms with van der Waals surface area (Å²) in [6, 6.07) is -0.964. The molecule has 0 aliphatic rings. The van der Waals surface area contributed by atoms with Gasteiger partial charge in [-0.1, -0.05) is 0 Å². The molecule has 8 nitrogen and oxygen atoms in total. The monoisotopic (exact) mass is 957 g/mol. The fourth-order valence-corrected chi connectivity index (χ4v) is 4.19. The third kappa shape index (κ3) is 7.36. The molecule has 0 fully saturated rings. The second kappa shape index (κ2) is 15.4. The van der Waals surface area contributed by atoms with Crippen molar-refractivity contribution in [3.63, 3.8) is 0 Å². The van der Waals surface area contributed by atoms with Crippen molar-refractivity contribution < 1.29 is 142 Å². The van der Waals surface area contributed by atoms with E-state index in [9.17, 15) is 120 Å². The Balaban J connectivity index is 4.30. The molecule has 0 aromatic heterocycles. The van der Waals surface area contributed by atoms with Crippen LogP contribution in [0.3, 0.4) is 0 Å². The van der Waals surface area contributed by atoms with Crippen LogP contribution in [0.15, 0.2) is 16.1 Å². The fourth-order valence-electron chi connectivity index (χ4n) is 4.19. The first-order valence-corrected chi connectivity index (χ1v) is 14.0. The second-order valence-electron chi connectivity index (χ2n) is 11.4. The number of ether oxygens (including phenoxy) is 1. The number of rotatable bonds is 17. The summed E-state index contributed by atoms with van der Waals surface area (Å²) in [5, 5.41) is 1.14. The van der Waals surface area contributed by atoms with E-state index >= 15 is 17.6 Å². The number of aliphatic imine (C=N–C) groups is 2. The molecule has 0 saturated heterocycles. The Morgan fingerprint density at radius 3 is 1.15 bits per heavy atom. The maximum absolute atomic E-state index is 15.5. The van der Waals surface area contributed by atoms with Gasteiger partial charge < -0.3 is 10.1 Å². The number of halogens is 27. The first-order chi connectivity index (χ1) is 26.6. The Morgan fingerprint density at radius 1 is 0.541 bits per heavy atom. The Labute approximate surface area is 314 Å². The van der Waals surface area contributed by atoms with Crippen LogP contribution < -0.4 is 5.32 Å². The zero-order chi connectivity index (χ0) is 49.2. The molecule has 0 spiro atoms. The first kappa shape index (κ1) is 54.0. The van der Waals surface area contributed by atoms with Gasteiger partial charge >= 0.3 is 83.2 Å². The number of carbonyl (C=O) groups is 2. The predicted molar refractivity (Wildman–Crippen MR) is 135 cm³/mol. The average molecular weight is 957 g/mol. The van der Waals surface area contributed by atoms with E-state index in [0.29, 0.717) is 26.0 Å². The third-order valence-electron chi connectivity index (χ3n) is 7.62. The highest BCUT2D eigenvalue weighted by atomic mass is 19.4. The van der Waals surface area contributed by atoms with Crippen LogP contribution in [0.2, 0.25) is 0 Å². The minimum Gasteiger partial charge on any atom is -0.445 e. The van der Waals surface area contributed by atoms with Crippen LogP contribution in [0.4, 0.5) is 130 Å². The maximum Gasteiger partial charge on any atom is 0.460 e. The summed E-state index contributed by atoms with van der Waals surface area (Å²) in [6.07, 6.45) is -7.56. The molecule has 0 atom stereocenters. The highest BCUT2D eigenvalue weighted by molar-refractivity contribution is 6.03. The SMILES string of the molecule is CC(=O)OCNC(=O)c1c(C(F)(F)C(F)(F)C(F)(F)C(F)(F)C(F)(F)C(F)(F)C(F)(F)C(F)(F)C(F)(F)C(F)(F)C(F)(F)C(F)(F)C(F)(F)F)cc(N=C=O)c(C)c1N=C=O. The molecule has 0 unspecified atom stereocenters. The lowest BCUT2D eigenvalue weighted by Crippen LogP contribution is -2.78. The van der Waals surface area contributed by atoms with Crippen LogP contribution in [0.1, 0.15) is 28.4 Å². The molecule has 1 rings (SSSR count). The highest BCUT2D eigenvalue weighted by Crippen LogP contribution is 2.69. The Bertz CT molecular complexity index is 1980. The normalized spacial score (nSPS) is 14.8. The minimum absolute atomic E-state index is 0.365. The van der Waals surface area contributed by atoms with Crippen molar-refractivity contribution in [3.8, 4) is 0 Å². The maximum atomic E-state index is 15.5. The quantitative estimate of drug-likeness (QED) is 0.0550. The molecular formula is C26H10F27N3O5. The lowest BCUT2D eigenvalue weighted by atomic mass is 9.82. The summed E-state index contributed by atoms with van der Waals surface area (Å²) < 4.78 is 382. The topological polar surface area (TPSA) is 114 Å². The number of nitrogens with one attached hydrogen (secondary N) is 1. The van der Waals surface area contributed by atoms with Gasteiger partial charge in [0.05, 0.1) is 16.9 Å². The summed E-state index contributed by atoms with van der Waals surface area (Å²) >= 11 is 0. The standard InChI is InChI=1S/C26H10F27N3O5/c1-7-10(54-4-57)3-9(11(12(7)55-5-58)13(60)56-6-61-8(2)59)14(27,28)15(29,30)16(31,32)17(33,34)18(35,36)19(37,38)20(39,40)21(41,42)22(43,44)23(45,46)24(47,48)25(49,50)26(51,52)53/h3H,6H2,1-2H3,(H,56,60). The number of benzene rings is 1. The molecule has 348 valence electrons. The molecular weight excluding hydrogens is 947 g/mol. The van der Waals surface area contributed by atoms with E-state index in [1.54, 1.807) is 0 Å². The van der Waals surface area contributed by atoms with Crippen LogP contribution in [0.5, 0.6) is 0 Å². The van der Waals surface area contributed by atoms with E-state index < -0.39 is 130 Å². The molecule has 0 bridgehead atoms. The van der Waals surface area contributed by atoms with Gasteiger partial charge in [0, 0.05) is 18.1 Å². The third-order valence-corrected chi connectivity index (χ3v) is 7.62. The summed E-state index contributed by atoms with van der Waals surface area (Å²) in [5.41, 5.74) is -10.9. The molecule has 0 heterocycles. The summed E-state index contributed by atoms with van der Waals surface area (Å²) in [5.74, 6) is -117. The molecule has 35 heteroatoms. The Morgan fingerprint density at radius 2 is 0.852 bits per heavy atom. The van der Waals surface area contributed by atoms with E-state index in [2.05, 4.69) is 14.7 Å². The van der Waals surface area contributed by atoms with Crippen molar-refractivity contribution in [2.45, 2.75) is 91.1 Å². The molecule has 1 amide bonds. The Hall–Kier alpha value is -4.97. The second-order valence-corrected chi connectivity index (χ2v) is 11.4. The van der Waals surface area contributed by atoms with E-state index in [1.165, 1.54) is 0 Å². The first-order valence-electron chi connectivity index (χ1n) is 14.0. The zero-order valence-electron chi connectivity index (χ0n) is 27.9. The average Bonchev–Trinajstić information content (AvgIpc) is 3.08. The molecule has 0 radical (unpaired) electrons. The Kier molecular flexibility index (Phi) is 13.7. The van der Waals surface area contributed by atoms with Crippen molar-refractivity contribution in [2.75, 3.05) is 6.73 Å². The minimum atomic E-state index is -9.98. The van der Waals surface area contributed by atoms with Crippen molar-refractivity contribution in [3.05, 3.63) is 22.8 Å². The largest absolute Gasteiger partial charge is 0.460 e. The van der Waals surface area contributed by atoms with E-state index in [4.69, 9.17) is 0 Å². The molecule has 1 N–H and O–H groups in total. The van der Waals surface area contributed by atoms with Crippen LogP contribution in [-0.4, -0.2) is 102 Å². The molecule has 0 saturated carbocycles. The highest BCUT2D eigenvalue weighted by Gasteiger charge is 3.00. The van der Waals surface area contributed by atoms with Crippen LogP contribution >= 0.6 is 0 Å². The lowest BCUT2D eigenvalue weighted by Gasteiger charge is -2.46. The van der Waals surface area contributed by atoms with Gasteiger partial charge in [0.15, 0.2) is 6.73 Å². The van der Waals surface area contributed by atoms with Gasteiger partial charge in [-0.05, 0) is 13.0 Å². The van der Waals surface area contributed by atoms with Crippen LogP contribution in [0, 0.1) is 6.92 Å². The molecule has 61 heavy (non-hydrogen) atoms. The van der Waals surface area contributed by atoms with Gasteiger partial charge in [-0.2, -0.15) is 129 Å². The van der Waals surface area contributed by atoms with Crippen molar-refractivity contribution in [1.29, 1.82) is 0 Å². The van der Waals surface area contributed by atoms with E-state index in [1.807, 2.05) is 0 Å². The number of esters is 1. The van der Waals surface area contributed by atoms with Gasteiger partial charge in [0.25, 0.3) is 5.91 Å². The number of carbonyl (C=O) groups excluding carboxylic acids is 4. The zero-order valence-corrected chi connectivity index (χ0v) is 27.9. The van der Waals surface area contributed by atoms with Gasteiger partial charge in [0.2, 0.25) is 12.2 Å². The number of hydrogen-bond donors (Lipinski definition) is 1. The van der Waals surface area contributed by atoms with Crippen molar-refractivity contribution >= 4 is 35.4 Å². The number of hydrogen-bond acceptors (Lipinski definition) is 7. The molecule has 0 aliphatic carbocycles. The number of alkyl halides is 27. The smallest absolute Gasteiger partial charge is 0.445 e. The van der Waals surface area contributed by atoms with Crippen LogP contribution in [0.25, 0.3) is 0 Å².